The SMILES string of the molecule is Cc1cc(Br)cc2c1NC(=O)/C2=N\OC1CCC1. The molecule has 0 atom stereocenters. The summed E-state index contributed by atoms with van der Waals surface area (Å²) in [5.74, 6) is -0.189. The highest BCUT2D eigenvalue weighted by Crippen LogP contribution is 2.31. The summed E-state index contributed by atoms with van der Waals surface area (Å²) in [5, 5.41) is 6.87. The second-order valence-corrected chi connectivity index (χ2v) is 5.61. The van der Waals surface area contributed by atoms with E-state index >= 15 is 0 Å². The fourth-order valence-corrected chi connectivity index (χ4v) is 2.66. The van der Waals surface area contributed by atoms with Crippen molar-refractivity contribution in [3.05, 3.63) is 27.7 Å². The molecule has 1 aromatic carbocycles. The van der Waals surface area contributed by atoms with Gasteiger partial charge in [-0.2, -0.15) is 0 Å². The zero-order valence-electron chi connectivity index (χ0n) is 10.00. The van der Waals surface area contributed by atoms with Gasteiger partial charge in [-0.3, -0.25) is 4.79 Å². The van der Waals surface area contributed by atoms with Gasteiger partial charge < -0.3 is 10.2 Å². The van der Waals surface area contributed by atoms with Crippen LogP contribution in [0.4, 0.5) is 5.69 Å². The number of amides is 1. The maximum absolute atomic E-state index is 11.9. The molecule has 18 heavy (non-hydrogen) atoms. The minimum atomic E-state index is -0.189. The molecule has 4 nitrogen and oxygen atoms in total. The number of nitrogens with zero attached hydrogens (tertiary/aromatic N) is 1. The molecule has 1 saturated carbocycles. The molecule has 2 aliphatic rings. The lowest BCUT2D eigenvalue weighted by molar-refractivity contribution is -0.110. The van der Waals surface area contributed by atoms with Crippen LogP contribution in [0.5, 0.6) is 0 Å². The molecular weight excluding hydrogens is 296 g/mol. The molecule has 5 heteroatoms. The van der Waals surface area contributed by atoms with E-state index < -0.39 is 0 Å². The van der Waals surface area contributed by atoms with Crippen molar-refractivity contribution in [1.82, 2.24) is 0 Å². The number of halogens is 1. The van der Waals surface area contributed by atoms with Crippen molar-refractivity contribution in [2.24, 2.45) is 5.16 Å². The van der Waals surface area contributed by atoms with Gasteiger partial charge >= 0.3 is 0 Å². The first-order valence-corrected chi connectivity index (χ1v) is 6.80. The van der Waals surface area contributed by atoms with Gasteiger partial charge in [-0.25, -0.2) is 0 Å². The molecule has 1 fully saturated rings. The van der Waals surface area contributed by atoms with Gasteiger partial charge in [0.25, 0.3) is 5.91 Å². The first-order chi connectivity index (χ1) is 8.65. The molecule has 94 valence electrons. The van der Waals surface area contributed by atoms with Crippen LogP contribution in [0, 0.1) is 6.92 Å². The lowest BCUT2D eigenvalue weighted by atomic mass is 9.97. The Bertz CT molecular complexity index is 550. The van der Waals surface area contributed by atoms with Crippen molar-refractivity contribution in [3.63, 3.8) is 0 Å². The Morgan fingerprint density at radius 3 is 2.89 bits per heavy atom. The number of aryl methyl sites for hydroxylation is 1. The van der Waals surface area contributed by atoms with Crippen molar-refractivity contribution >= 4 is 33.2 Å². The third-order valence-corrected chi connectivity index (χ3v) is 3.81. The van der Waals surface area contributed by atoms with E-state index in [-0.39, 0.29) is 12.0 Å². The smallest absolute Gasteiger partial charge is 0.278 e. The zero-order chi connectivity index (χ0) is 12.7. The van der Waals surface area contributed by atoms with E-state index in [2.05, 4.69) is 26.4 Å². The van der Waals surface area contributed by atoms with E-state index in [0.29, 0.717) is 5.71 Å². The molecule has 1 aliphatic carbocycles. The van der Waals surface area contributed by atoms with Crippen molar-refractivity contribution < 1.29 is 9.63 Å². The van der Waals surface area contributed by atoms with Crippen molar-refractivity contribution in [2.75, 3.05) is 5.32 Å². The Morgan fingerprint density at radius 2 is 2.22 bits per heavy atom. The third-order valence-electron chi connectivity index (χ3n) is 3.35. The summed E-state index contributed by atoms with van der Waals surface area (Å²) in [6.45, 7) is 1.96. The molecule has 1 N–H and O–H groups in total. The second kappa shape index (κ2) is 4.39. The van der Waals surface area contributed by atoms with Crippen LogP contribution in [-0.2, 0) is 9.63 Å². The quantitative estimate of drug-likeness (QED) is 0.854. The normalized spacial score (nSPS) is 20.6. The van der Waals surface area contributed by atoms with Crippen molar-refractivity contribution in [1.29, 1.82) is 0 Å². The van der Waals surface area contributed by atoms with Crippen LogP contribution >= 0.6 is 15.9 Å². The second-order valence-electron chi connectivity index (χ2n) is 4.70. The van der Waals surface area contributed by atoms with Crippen LogP contribution < -0.4 is 5.32 Å². The Morgan fingerprint density at radius 1 is 1.44 bits per heavy atom. The van der Waals surface area contributed by atoms with Crippen LogP contribution in [0.3, 0.4) is 0 Å². The fraction of sp³-hybridized carbons (Fsp3) is 0.385. The summed E-state index contributed by atoms with van der Waals surface area (Å²) in [7, 11) is 0. The highest BCUT2D eigenvalue weighted by Gasteiger charge is 2.29. The number of benzene rings is 1. The summed E-state index contributed by atoms with van der Waals surface area (Å²) >= 11 is 3.43. The van der Waals surface area contributed by atoms with E-state index in [1.165, 1.54) is 6.42 Å². The molecule has 0 radical (unpaired) electrons. The van der Waals surface area contributed by atoms with Gasteiger partial charge in [0, 0.05) is 10.0 Å². The first kappa shape index (κ1) is 11.7. The lowest BCUT2D eigenvalue weighted by Crippen LogP contribution is -2.21. The summed E-state index contributed by atoms with van der Waals surface area (Å²) in [4.78, 5) is 17.3. The molecule has 0 bridgehead atoms. The summed E-state index contributed by atoms with van der Waals surface area (Å²) in [6, 6.07) is 3.86. The Labute approximate surface area is 114 Å². The van der Waals surface area contributed by atoms with E-state index in [1.807, 2.05) is 19.1 Å². The largest absolute Gasteiger partial charge is 0.392 e. The molecule has 0 saturated heterocycles. The van der Waals surface area contributed by atoms with Crippen molar-refractivity contribution in [2.45, 2.75) is 32.3 Å². The Hall–Kier alpha value is -1.36. The van der Waals surface area contributed by atoms with Gasteiger partial charge in [-0.15, -0.1) is 0 Å². The van der Waals surface area contributed by atoms with Crippen molar-refractivity contribution in [3.8, 4) is 0 Å². The van der Waals surface area contributed by atoms with E-state index in [1.54, 1.807) is 0 Å². The van der Waals surface area contributed by atoms with Crippen LogP contribution in [0.15, 0.2) is 21.8 Å². The van der Waals surface area contributed by atoms with E-state index in [9.17, 15) is 4.79 Å². The van der Waals surface area contributed by atoms with Gasteiger partial charge in [-0.1, -0.05) is 21.1 Å². The standard InChI is InChI=1S/C13H13BrN2O2/c1-7-5-8(14)6-10-11(7)15-13(17)12(10)16-18-9-3-2-4-9/h5-6,9H,2-4H2,1H3,(H,15,16,17). The van der Waals surface area contributed by atoms with Crippen LogP contribution in [0.25, 0.3) is 0 Å². The van der Waals surface area contributed by atoms with Crippen LogP contribution in [0.1, 0.15) is 30.4 Å². The predicted octanol–water partition coefficient (Wildman–Crippen LogP) is 2.98. The molecule has 1 aromatic rings. The van der Waals surface area contributed by atoms with E-state index in [0.717, 1.165) is 34.1 Å². The number of nitrogens with one attached hydrogen (secondary N) is 1. The highest BCUT2D eigenvalue weighted by atomic mass is 79.9. The monoisotopic (exact) mass is 308 g/mol. The van der Waals surface area contributed by atoms with Gasteiger partial charge in [-0.05, 0) is 43.9 Å². The molecule has 3 rings (SSSR count). The zero-order valence-corrected chi connectivity index (χ0v) is 11.6. The Kier molecular flexibility index (Phi) is 2.86. The van der Waals surface area contributed by atoms with Gasteiger partial charge in [0.2, 0.25) is 0 Å². The van der Waals surface area contributed by atoms with E-state index in [4.69, 9.17) is 4.84 Å². The van der Waals surface area contributed by atoms with Crippen LogP contribution in [-0.4, -0.2) is 17.7 Å². The minimum Gasteiger partial charge on any atom is -0.392 e. The fourth-order valence-electron chi connectivity index (χ4n) is 2.08. The maximum Gasteiger partial charge on any atom is 0.278 e. The van der Waals surface area contributed by atoms with Gasteiger partial charge in [0.05, 0.1) is 5.69 Å². The lowest BCUT2D eigenvalue weighted by Gasteiger charge is -2.22. The Balaban J connectivity index is 1.95. The van der Waals surface area contributed by atoms with Gasteiger partial charge in [0.1, 0.15) is 6.10 Å². The third kappa shape index (κ3) is 1.92. The minimum absolute atomic E-state index is 0.183. The molecular formula is C13H13BrN2O2. The number of hydrogen-bond donors (Lipinski definition) is 1. The predicted molar refractivity (Wildman–Crippen MR) is 72.8 cm³/mol. The number of carbonyl (C=O) groups is 1. The van der Waals surface area contributed by atoms with Gasteiger partial charge in [0.15, 0.2) is 5.71 Å². The average Bonchev–Trinajstić information content (AvgIpc) is 2.54. The number of oxime groups is 1. The number of fused-ring (bicyclic) bond motifs is 1. The number of carbonyl (C=O) groups excluding carboxylic acids is 1. The molecule has 1 aliphatic heterocycles. The number of rotatable bonds is 2. The maximum atomic E-state index is 11.9. The molecule has 0 unspecified atom stereocenters. The summed E-state index contributed by atoms with van der Waals surface area (Å²) < 4.78 is 0.937. The molecule has 1 amide bonds. The number of hydrogen-bond acceptors (Lipinski definition) is 3. The average molecular weight is 309 g/mol. The highest BCUT2D eigenvalue weighted by molar-refractivity contribution is 9.10. The first-order valence-electron chi connectivity index (χ1n) is 6.01. The number of anilines is 1. The van der Waals surface area contributed by atoms with Crippen LogP contribution in [0.2, 0.25) is 0 Å². The molecule has 1 heterocycles. The summed E-state index contributed by atoms with van der Waals surface area (Å²) in [5.41, 5.74) is 3.04. The topological polar surface area (TPSA) is 50.7 Å². The molecule has 0 aromatic heterocycles. The molecule has 0 spiro atoms. The summed E-state index contributed by atoms with van der Waals surface area (Å²) in [6.07, 6.45) is 3.43.